The summed E-state index contributed by atoms with van der Waals surface area (Å²) in [5.41, 5.74) is 11.9. The SMILES string of the molecule is Cc1cc(Nc2ncc(Cl)c(Nc3ccccc3S(=O)(=O)C(C)C)n2)c(OC(C)C)cc1C1CCN(CC(=O)NCCNc2cccc3c2C(=O)N(C2CCC(=O)N(C(=O)OCCCCCCN=[N+]=[N-])C2=O)C3=O)CC1. The molecule has 0 saturated carbocycles. The van der Waals surface area contributed by atoms with Gasteiger partial charge in [-0.2, -0.15) is 9.88 Å². The molecule has 76 heavy (non-hydrogen) atoms. The molecule has 0 aliphatic carbocycles. The number of nitrogens with zero attached hydrogens (tertiary/aromatic N) is 8. The van der Waals surface area contributed by atoms with Gasteiger partial charge in [-0.15, -0.1) is 0 Å². The van der Waals surface area contributed by atoms with Crippen LogP contribution in [0.5, 0.6) is 5.75 Å². The fourth-order valence-electron chi connectivity index (χ4n) is 9.33. The van der Waals surface area contributed by atoms with Crippen molar-refractivity contribution in [1.29, 1.82) is 0 Å². The van der Waals surface area contributed by atoms with Crippen LogP contribution in [0.4, 0.5) is 33.6 Å². The van der Waals surface area contributed by atoms with E-state index in [1.54, 1.807) is 50.2 Å². The molecule has 6 amide bonds. The van der Waals surface area contributed by atoms with Crippen molar-refractivity contribution in [2.75, 3.05) is 61.8 Å². The molecule has 1 aromatic heterocycles. The molecule has 0 radical (unpaired) electrons. The second-order valence-corrected chi connectivity index (χ2v) is 22.1. The lowest BCUT2D eigenvalue weighted by atomic mass is 9.86. The number of ether oxygens (including phenoxy) is 2. The molecule has 0 spiro atoms. The lowest BCUT2D eigenvalue weighted by Gasteiger charge is -2.33. The minimum Gasteiger partial charge on any atom is -0.489 e. The maximum absolute atomic E-state index is 13.9. The third-order valence-electron chi connectivity index (χ3n) is 13.2. The van der Waals surface area contributed by atoms with E-state index in [1.807, 2.05) is 32.9 Å². The van der Waals surface area contributed by atoms with E-state index in [4.69, 9.17) is 26.6 Å². The summed E-state index contributed by atoms with van der Waals surface area (Å²) in [4.78, 5) is 95.0. The maximum atomic E-state index is 13.9. The van der Waals surface area contributed by atoms with E-state index >= 15 is 0 Å². The van der Waals surface area contributed by atoms with Crippen molar-refractivity contribution < 1.29 is 46.7 Å². The van der Waals surface area contributed by atoms with Gasteiger partial charge in [0.1, 0.15) is 16.8 Å². The molecule has 4 aromatic rings. The van der Waals surface area contributed by atoms with Gasteiger partial charge in [-0.25, -0.2) is 18.2 Å². The number of piperidine rings is 2. The van der Waals surface area contributed by atoms with Crippen LogP contribution in [0.1, 0.15) is 117 Å². The number of likely N-dealkylation sites (tertiary alicyclic amines) is 2. The largest absolute Gasteiger partial charge is 0.489 e. The predicted molar refractivity (Wildman–Crippen MR) is 285 cm³/mol. The molecular formula is C52H63ClN12O10S. The van der Waals surface area contributed by atoms with E-state index < -0.39 is 50.9 Å². The van der Waals surface area contributed by atoms with Crippen LogP contribution < -0.4 is 26.0 Å². The fraction of sp³-hybridized carbons (Fsp3) is 0.462. The number of unbranched alkanes of at least 4 members (excludes halogenated alkanes) is 3. The number of nitrogens with one attached hydrogen (secondary N) is 4. The number of imide groups is 4. The van der Waals surface area contributed by atoms with Gasteiger partial charge < -0.3 is 30.7 Å². The summed E-state index contributed by atoms with van der Waals surface area (Å²) in [6, 6.07) is 13.9. The molecule has 2 saturated heterocycles. The van der Waals surface area contributed by atoms with Gasteiger partial charge in [0, 0.05) is 36.7 Å². The van der Waals surface area contributed by atoms with E-state index in [2.05, 4.69) is 46.2 Å². The number of azide groups is 1. The van der Waals surface area contributed by atoms with Crippen molar-refractivity contribution in [3.05, 3.63) is 98.5 Å². The summed E-state index contributed by atoms with van der Waals surface area (Å²) < 4.78 is 37.8. The lowest BCUT2D eigenvalue weighted by molar-refractivity contribution is -0.149. The molecule has 3 aliphatic heterocycles. The number of aromatic nitrogens is 2. The quantitative estimate of drug-likeness (QED) is 0.0178. The average Bonchev–Trinajstić information content (AvgIpc) is 3.66. The van der Waals surface area contributed by atoms with Crippen LogP contribution in [0.25, 0.3) is 10.4 Å². The molecule has 4 heterocycles. The number of para-hydroxylation sites is 1. The summed E-state index contributed by atoms with van der Waals surface area (Å²) in [6.07, 6.45) is 3.80. The Balaban J connectivity index is 0.895. The molecule has 0 bridgehead atoms. The number of sulfone groups is 1. The zero-order chi connectivity index (χ0) is 54.7. The van der Waals surface area contributed by atoms with E-state index in [0.717, 1.165) is 35.3 Å². The Morgan fingerprint density at radius 1 is 0.908 bits per heavy atom. The number of aryl methyl sites for hydroxylation is 1. The lowest BCUT2D eigenvalue weighted by Crippen LogP contribution is -2.57. The third-order valence-corrected chi connectivity index (χ3v) is 15.7. The van der Waals surface area contributed by atoms with Gasteiger partial charge in [0.15, 0.2) is 15.7 Å². The van der Waals surface area contributed by atoms with Crippen molar-refractivity contribution in [1.82, 2.24) is 30.0 Å². The van der Waals surface area contributed by atoms with Gasteiger partial charge in [-0.1, -0.05) is 47.8 Å². The molecule has 2 fully saturated rings. The topological polar surface area (TPSA) is 287 Å². The van der Waals surface area contributed by atoms with E-state index in [9.17, 15) is 37.2 Å². The van der Waals surface area contributed by atoms with Gasteiger partial charge in [-0.3, -0.25) is 33.8 Å². The summed E-state index contributed by atoms with van der Waals surface area (Å²) in [6.45, 7) is 11.4. The standard InChI is InChI=1S/C52H63ClN12O10S/c1-31(2)75-42-28-36(33(5)27-40(42)60-51-57-29-37(53)47(61-51)59-38-14-8-9-16-43(38)76(72,73)32(3)4)34-19-24-63(25-20-34)30-44(66)56-23-22-55-39-15-12-13-35-46(39)50(70)64(48(35)68)41-17-18-45(67)65(49(41)69)52(71)74-26-11-7-6-10-21-58-62-54/h8-9,12-16,27-29,31-32,34,41,55H,6-7,10-11,17-26,30H2,1-5H3,(H,56,66)(H2,57,59,60,61). The van der Waals surface area contributed by atoms with E-state index in [0.29, 0.717) is 66.6 Å². The Labute approximate surface area is 446 Å². The van der Waals surface area contributed by atoms with Crippen LogP contribution in [0.15, 0.2) is 70.8 Å². The number of hydrogen-bond donors (Lipinski definition) is 4. The first kappa shape index (κ1) is 56.4. The second-order valence-electron chi connectivity index (χ2n) is 19.2. The van der Waals surface area contributed by atoms with Gasteiger partial charge in [0.2, 0.25) is 17.8 Å². The number of hydrogen-bond acceptors (Lipinski definition) is 17. The van der Waals surface area contributed by atoms with Crippen molar-refractivity contribution in [3.8, 4) is 5.75 Å². The predicted octanol–water partition coefficient (Wildman–Crippen LogP) is 8.42. The number of carbonyl (C=O) groups excluding carboxylic acids is 6. The number of anilines is 5. The van der Waals surface area contributed by atoms with Gasteiger partial charge >= 0.3 is 6.09 Å². The van der Waals surface area contributed by atoms with Crippen LogP contribution in [0, 0.1) is 6.92 Å². The highest BCUT2D eigenvalue weighted by Gasteiger charge is 2.49. The Hall–Kier alpha value is -7.33. The normalized spacial score (nSPS) is 16.2. The molecule has 404 valence electrons. The second kappa shape index (κ2) is 25.5. The average molecular weight is 1080 g/mol. The fourth-order valence-corrected chi connectivity index (χ4v) is 10.7. The van der Waals surface area contributed by atoms with Gasteiger partial charge in [0.25, 0.3) is 17.7 Å². The molecule has 22 nitrogen and oxygen atoms in total. The van der Waals surface area contributed by atoms with Crippen LogP contribution in [0.3, 0.4) is 0 Å². The number of benzene rings is 3. The summed E-state index contributed by atoms with van der Waals surface area (Å²) in [5.74, 6) is -2.24. The van der Waals surface area contributed by atoms with E-state index in [1.165, 1.54) is 12.3 Å². The molecule has 3 aliphatic rings. The van der Waals surface area contributed by atoms with Crippen molar-refractivity contribution in [3.63, 3.8) is 0 Å². The molecule has 1 unspecified atom stereocenters. The third kappa shape index (κ3) is 13.4. The Kier molecular flexibility index (Phi) is 18.9. The van der Waals surface area contributed by atoms with Gasteiger partial charge in [-0.05, 0) is 139 Å². The Bertz CT molecular complexity index is 3020. The van der Waals surface area contributed by atoms with Crippen molar-refractivity contribution >= 4 is 85.9 Å². The van der Waals surface area contributed by atoms with E-state index in [-0.39, 0.29) is 89.8 Å². The molecule has 1 atom stereocenters. The van der Waals surface area contributed by atoms with Crippen LogP contribution in [0.2, 0.25) is 5.02 Å². The van der Waals surface area contributed by atoms with Crippen molar-refractivity contribution in [2.45, 2.75) is 114 Å². The smallest absolute Gasteiger partial charge is 0.423 e. The first-order chi connectivity index (χ1) is 36.4. The molecular weight excluding hydrogens is 1020 g/mol. The minimum atomic E-state index is -3.62. The summed E-state index contributed by atoms with van der Waals surface area (Å²) in [5, 5.41) is 15.5. The van der Waals surface area contributed by atoms with Crippen molar-refractivity contribution in [2.24, 2.45) is 5.11 Å². The highest BCUT2D eigenvalue weighted by molar-refractivity contribution is 7.92. The zero-order valence-electron chi connectivity index (χ0n) is 43.1. The minimum absolute atomic E-state index is 0.0458. The monoisotopic (exact) mass is 1080 g/mol. The summed E-state index contributed by atoms with van der Waals surface area (Å²) in [7, 11) is -3.62. The van der Waals surface area contributed by atoms with Gasteiger partial charge in [0.05, 0.1) is 58.1 Å². The van der Waals surface area contributed by atoms with Crippen LogP contribution in [-0.4, -0.2) is 132 Å². The van der Waals surface area contributed by atoms with Crippen LogP contribution in [-0.2, 0) is 29.0 Å². The maximum Gasteiger partial charge on any atom is 0.423 e. The highest BCUT2D eigenvalue weighted by Crippen LogP contribution is 2.39. The zero-order valence-corrected chi connectivity index (χ0v) is 44.7. The Morgan fingerprint density at radius 2 is 1.64 bits per heavy atom. The molecule has 7 rings (SSSR count). The highest BCUT2D eigenvalue weighted by atomic mass is 35.5. The molecule has 4 N–H and O–H groups in total. The molecule has 3 aromatic carbocycles. The Morgan fingerprint density at radius 3 is 2.38 bits per heavy atom. The number of rotatable bonds is 23. The first-order valence-corrected chi connectivity index (χ1v) is 27.3. The number of carbonyl (C=O) groups is 6. The summed E-state index contributed by atoms with van der Waals surface area (Å²) >= 11 is 6.51. The number of fused-ring (bicyclic) bond motifs is 1. The van der Waals surface area contributed by atoms with Crippen LogP contribution >= 0.6 is 11.6 Å². The number of halogens is 1. The number of amides is 6. The first-order valence-electron chi connectivity index (χ1n) is 25.4. The molecule has 24 heteroatoms.